The summed E-state index contributed by atoms with van der Waals surface area (Å²) in [6, 6.07) is 6.76. The van der Waals surface area contributed by atoms with Gasteiger partial charge in [-0.15, -0.1) is 0 Å². The molecule has 4 heteroatoms. The van der Waals surface area contributed by atoms with E-state index in [1.165, 1.54) is 6.07 Å². The molecule has 88 valence electrons. The van der Waals surface area contributed by atoms with Gasteiger partial charge in [0.25, 0.3) is 0 Å². The Balaban J connectivity index is 2.12. The van der Waals surface area contributed by atoms with Crippen molar-refractivity contribution in [2.45, 2.75) is 13.5 Å². The molecule has 0 aliphatic carbocycles. The summed E-state index contributed by atoms with van der Waals surface area (Å²) < 4.78 is 13.5. The lowest BCUT2D eigenvalue weighted by Gasteiger charge is -2.09. The molecule has 0 fully saturated rings. The van der Waals surface area contributed by atoms with Gasteiger partial charge in [-0.2, -0.15) is 0 Å². The van der Waals surface area contributed by atoms with Gasteiger partial charge in [0.2, 0.25) is 0 Å². The van der Waals surface area contributed by atoms with Gasteiger partial charge >= 0.3 is 0 Å². The highest BCUT2D eigenvalue weighted by Gasteiger charge is 2.03. The average molecular weight is 251 g/mol. The minimum absolute atomic E-state index is 0.263. The van der Waals surface area contributed by atoms with Crippen molar-refractivity contribution in [2.75, 3.05) is 5.32 Å². The van der Waals surface area contributed by atoms with Crippen LogP contribution in [0.25, 0.3) is 0 Å². The summed E-state index contributed by atoms with van der Waals surface area (Å²) in [7, 11) is 0. The number of rotatable bonds is 3. The fourth-order valence-electron chi connectivity index (χ4n) is 1.51. The van der Waals surface area contributed by atoms with E-state index in [1.54, 1.807) is 24.5 Å². The molecule has 17 heavy (non-hydrogen) atoms. The van der Waals surface area contributed by atoms with Crippen LogP contribution >= 0.6 is 11.6 Å². The molecule has 2 rings (SSSR count). The van der Waals surface area contributed by atoms with E-state index in [0.717, 1.165) is 11.1 Å². The lowest BCUT2D eigenvalue weighted by Crippen LogP contribution is -2.02. The Kier molecular flexibility index (Phi) is 3.59. The third kappa shape index (κ3) is 2.94. The van der Waals surface area contributed by atoms with E-state index in [4.69, 9.17) is 11.6 Å². The highest BCUT2D eigenvalue weighted by atomic mass is 35.5. The zero-order chi connectivity index (χ0) is 12.3. The topological polar surface area (TPSA) is 24.9 Å². The maximum atomic E-state index is 13.5. The summed E-state index contributed by atoms with van der Waals surface area (Å²) in [4.78, 5) is 3.90. The second-order valence-corrected chi connectivity index (χ2v) is 4.21. The Morgan fingerprint density at radius 2 is 2.18 bits per heavy atom. The van der Waals surface area contributed by atoms with Crippen LogP contribution in [0.3, 0.4) is 0 Å². The summed E-state index contributed by atoms with van der Waals surface area (Å²) in [6.07, 6.45) is 3.24. The van der Waals surface area contributed by atoms with E-state index in [0.29, 0.717) is 17.3 Å². The Morgan fingerprint density at radius 1 is 1.35 bits per heavy atom. The molecule has 0 aliphatic rings. The van der Waals surface area contributed by atoms with Crippen LogP contribution in [0, 0.1) is 12.7 Å². The van der Waals surface area contributed by atoms with Crippen molar-refractivity contribution in [2.24, 2.45) is 0 Å². The van der Waals surface area contributed by atoms with Crippen molar-refractivity contribution < 1.29 is 4.39 Å². The van der Waals surface area contributed by atoms with E-state index in [-0.39, 0.29) is 5.82 Å². The minimum atomic E-state index is -0.263. The number of aryl methyl sites for hydroxylation is 1. The van der Waals surface area contributed by atoms with Gasteiger partial charge in [0.1, 0.15) is 5.82 Å². The van der Waals surface area contributed by atoms with Crippen LogP contribution in [0.4, 0.5) is 10.1 Å². The first-order chi connectivity index (χ1) is 8.16. The van der Waals surface area contributed by atoms with Crippen molar-refractivity contribution in [3.05, 3.63) is 58.6 Å². The third-order valence-electron chi connectivity index (χ3n) is 2.45. The molecule has 0 radical (unpaired) electrons. The van der Waals surface area contributed by atoms with Crippen molar-refractivity contribution in [3.8, 4) is 0 Å². The molecule has 0 saturated carbocycles. The summed E-state index contributed by atoms with van der Waals surface area (Å²) in [5, 5.41) is 3.60. The van der Waals surface area contributed by atoms with Crippen molar-refractivity contribution in [1.29, 1.82) is 0 Å². The summed E-state index contributed by atoms with van der Waals surface area (Å²) >= 11 is 5.97. The fraction of sp³-hybridized carbons (Fsp3) is 0.154. The van der Waals surface area contributed by atoms with Crippen LogP contribution in [0.15, 0.2) is 36.7 Å². The SMILES string of the molecule is Cc1ccc(F)c(NCc2ccncc2Cl)c1. The molecule has 1 heterocycles. The Morgan fingerprint density at radius 3 is 2.94 bits per heavy atom. The number of anilines is 1. The molecule has 1 aromatic carbocycles. The number of nitrogens with zero attached hydrogens (tertiary/aromatic N) is 1. The first kappa shape index (κ1) is 11.9. The molecule has 0 unspecified atom stereocenters. The highest BCUT2D eigenvalue weighted by molar-refractivity contribution is 6.31. The number of halogens is 2. The number of hydrogen-bond donors (Lipinski definition) is 1. The predicted octanol–water partition coefficient (Wildman–Crippen LogP) is 3.79. The highest BCUT2D eigenvalue weighted by Crippen LogP contribution is 2.19. The van der Waals surface area contributed by atoms with E-state index >= 15 is 0 Å². The van der Waals surface area contributed by atoms with E-state index < -0.39 is 0 Å². The van der Waals surface area contributed by atoms with Crippen LogP contribution in [-0.4, -0.2) is 4.98 Å². The second kappa shape index (κ2) is 5.15. The lowest BCUT2D eigenvalue weighted by molar-refractivity contribution is 0.629. The lowest BCUT2D eigenvalue weighted by atomic mass is 10.2. The van der Waals surface area contributed by atoms with Gasteiger partial charge in [0.05, 0.1) is 10.7 Å². The van der Waals surface area contributed by atoms with Crippen LogP contribution in [0.5, 0.6) is 0 Å². The summed E-state index contributed by atoms with van der Waals surface area (Å²) in [5.41, 5.74) is 2.38. The first-order valence-corrected chi connectivity index (χ1v) is 5.63. The third-order valence-corrected chi connectivity index (χ3v) is 2.79. The van der Waals surface area contributed by atoms with Crippen molar-refractivity contribution in [1.82, 2.24) is 4.98 Å². The smallest absolute Gasteiger partial charge is 0.146 e. The molecular weight excluding hydrogens is 239 g/mol. The number of hydrogen-bond acceptors (Lipinski definition) is 2. The van der Waals surface area contributed by atoms with Gasteiger partial charge in [0.15, 0.2) is 0 Å². The van der Waals surface area contributed by atoms with E-state index in [9.17, 15) is 4.39 Å². The maximum absolute atomic E-state index is 13.5. The van der Waals surface area contributed by atoms with Gasteiger partial charge < -0.3 is 5.32 Å². The molecule has 0 aliphatic heterocycles. The van der Waals surface area contributed by atoms with Gasteiger partial charge in [-0.3, -0.25) is 4.98 Å². The molecule has 0 spiro atoms. The number of benzene rings is 1. The average Bonchev–Trinajstić information content (AvgIpc) is 2.32. The van der Waals surface area contributed by atoms with Crippen LogP contribution in [-0.2, 0) is 6.54 Å². The normalized spacial score (nSPS) is 10.3. The quantitative estimate of drug-likeness (QED) is 0.896. The number of pyridine rings is 1. The predicted molar refractivity (Wildman–Crippen MR) is 67.7 cm³/mol. The van der Waals surface area contributed by atoms with Crippen molar-refractivity contribution >= 4 is 17.3 Å². The van der Waals surface area contributed by atoms with Gasteiger partial charge in [-0.25, -0.2) is 4.39 Å². The summed E-state index contributed by atoms with van der Waals surface area (Å²) in [6.45, 7) is 2.39. The molecule has 0 saturated heterocycles. The Hall–Kier alpha value is -1.61. The number of nitrogens with one attached hydrogen (secondary N) is 1. The van der Waals surface area contributed by atoms with Gasteiger partial charge in [0, 0.05) is 18.9 Å². The molecule has 0 amide bonds. The molecule has 2 aromatic rings. The van der Waals surface area contributed by atoms with Gasteiger partial charge in [-0.1, -0.05) is 17.7 Å². The fourth-order valence-corrected chi connectivity index (χ4v) is 1.70. The number of aromatic nitrogens is 1. The minimum Gasteiger partial charge on any atom is -0.379 e. The van der Waals surface area contributed by atoms with Crippen LogP contribution < -0.4 is 5.32 Å². The monoisotopic (exact) mass is 250 g/mol. The van der Waals surface area contributed by atoms with E-state index in [2.05, 4.69) is 10.3 Å². The molecule has 2 nitrogen and oxygen atoms in total. The Bertz CT molecular complexity index is 529. The first-order valence-electron chi connectivity index (χ1n) is 5.25. The maximum Gasteiger partial charge on any atom is 0.146 e. The summed E-state index contributed by atoms with van der Waals surface area (Å²) in [5.74, 6) is -0.263. The largest absolute Gasteiger partial charge is 0.379 e. The zero-order valence-electron chi connectivity index (χ0n) is 9.37. The molecule has 0 bridgehead atoms. The van der Waals surface area contributed by atoms with Crippen molar-refractivity contribution in [3.63, 3.8) is 0 Å². The standard InChI is InChI=1S/C13H12ClFN2/c1-9-2-3-12(15)13(6-9)17-7-10-4-5-16-8-11(10)14/h2-6,8,17H,7H2,1H3. The molecule has 1 aromatic heterocycles. The molecule has 0 atom stereocenters. The Labute approximate surface area is 104 Å². The van der Waals surface area contributed by atoms with Crippen LogP contribution in [0.2, 0.25) is 5.02 Å². The van der Waals surface area contributed by atoms with Gasteiger partial charge in [-0.05, 0) is 36.2 Å². The van der Waals surface area contributed by atoms with E-state index in [1.807, 2.05) is 13.0 Å². The molecule has 1 N–H and O–H groups in total. The zero-order valence-corrected chi connectivity index (χ0v) is 10.1. The van der Waals surface area contributed by atoms with Crippen LogP contribution in [0.1, 0.15) is 11.1 Å². The molecular formula is C13H12ClFN2. The second-order valence-electron chi connectivity index (χ2n) is 3.80.